The van der Waals surface area contributed by atoms with E-state index >= 15 is 0 Å². The number of hydrogen-bond donors (Lipinski definition) is 5. The van der Waals surface area contributed by atoms with E-state index in [9.17, 15) is 44.7 Å². The Kier molecular flexibility index (Phi) is 8.00. The molecular weight excluding hydrogens is 324 g/mol. The fraction of sp³-hybridized carbons (Fsp3) is 0.733. The Morgan fingerprint density at radius 3 is 1.62 bits per heavy atom. The second kappa shape index (κ2) is 8.54. The second-order valence-corrected chi connectivity index (χ2v) is 5.38. The summed E-state index contributed by atoms with van der Waals surface area (Å²) >= 11 is 0. The van der Waals surface area contributed by atoms with Gasteiger partial charge >= 0.3 is 0 Å². The summed E-state index contributed by atoms with van der Waals surface area (Å²) in [5.74, 6) is -3.62. The zero-order valence-corrected chi connectivity index (χ0v) is 13.8. The zero-order chi connectivity index (χ0) is 19.3. The molecule has 0 saturated carbocycles. The first-order valence-electron chi connectivity index (χ1n) is 7.53. The van der Waals surface area contributed by atoms with E-state index in [2.05, 4.69) is 0 Å². The number of aliphatic hydroxyl groups is 5. The van der Waals surface area contributed by atoms with E-state index in [1.165, 1.54) is 20.8 Å². The molecule has 5 N–H and O–H groups in total. The number of hydrogen-bond acceptors (Lipinski definition) is 9. The van der Waals surface area contributed by atoms with Crippen molar-refractivity contribution in [1.29, 1.82) is 0 Å². The molecule has 0 heterocycles. The molecule has 0 rings (SSSR count). The van der Waals surface area contributed by atoms with Gasteiger partial charge in [0.05, 0.1) is 0 Å². The van der Waals surface area contributed by atoms with Crippen LogP contribution in [0.1, 0.15) is 40.0 Å². The van der Waals surface area contributed by atoms with Crippen LogP contribution in [0.5, 0.6) is 0 Å². The summed E-state index contributed by atoms with van der Waals surface area (Å²) in [6.07, 6.45) is -9.11. The van der Waals surface area contributed by atoms with Crippen molar-refractivity contribution in [2.24, 2.45) is 0 Å². The van der Waals surface area contributed by atoms with Gasteiger partial charge in [0.15, 0.2) is 34.8 Å². The number of ketones is 3. The van der Waals surface area contributed by atoms with Gasteiger partial charge in [0.2, 0.25) is 0 Å². The van der Waals surface area contributed by atoms with Gasteiger partial charge in [-0.3, -0.25) is 14.4 Å². The molecule has 0 fully saturated rings. The van der Waals surface area contributed by atoms with Gasteiger partial charge in [-0.05, 0) is 0 Å². The average Bonchev–Trinajstić information content (AvgIpc) is 2.61. The molecule has 1 unspecified atom stereocenters. The highest BCUT2D eigenvalue weighted by molar-refractivity contribution is 6.02. The topological polar surface area (TPSA) is 169 Å². The Balaban J connectivity index is 6.50. The SMILES string of the molecule is CCC(=O)C(O)[C@@H](O)[C@](O)(C(=O)CC)[C@@](O)(C(=O)CC)[C@@H](O)C=O. The average molecular weight is 348 g/mol. The Morgan fingerprint density at radius 2 is 1.29 bits per heavy atom. The van der Waals surface area contributed by atoms with E-state index in [4.69, 9.17) is 0 Å². The van der Waals surface area contributed by atoms with Gasteiger partial charge in [-0.1, -0.05) is 20.8 Å². The second-order valence-electron chi connectivity index (χ2n) is 5.38. The fourth-order valence-corrected chi connectivity index (χ4v) is 2.46. The molecule has 0 aromatic rings. The summed E-state index contributed by atoms with van der Waals surface area (Å²) in [6.45, 7) is 3.78. The molecule has 0 aromatic heterocycles. The van der Waals surface area contributed by atoms with Crippen LogP contribution in [-0.2, 0) is 19.2 Å². The zero-order valence-electron chi connectivity index (χ0n) is 13.8. The summed E-state index contributed by atoms with van der Waals surface area (Å²) in [7, 11) is 0. The molecule has 0 bridgehead atoms. The molecule has 0 saturated heterocycles. The van der Waals surface area contributed by atoms with Crippen molar-refractivity contribution in [2.75, 3.05) is 0 Å². The molecular formula is C15H24O9. The lowest BCUT2D eigenvalue weighted by Crippen LogP contribution is -2.76. The molecule has 0 aliphatic rings. The maximum Gasteiger partial charge on any atom is 0.194 e. The van der Waals surface area contributed by atoms with Crippen molar-refractivity contribution in [3.05, 3.63) is 0 Å². The van der Waals surface area contributed by atoms with Crippen molar-refractivity contribution >= 4 is 23.6 Å². The third-order valence-corrected chi connectivity index (χ3v) is 4.04. The van der Waals surface area contributed by atoms with E-state index in [1.54, 1.807) is 0 Å². The Labute approximate surface area is 138 Å². The summed E-state index contributed by atoms with van der Waals surface area (Å²) in [6, 6.07) is 0. The first kappa shape index (κ1) is 22.5. The Bertz CT molecular complexity index is 503. The first-order valence-corrected chi connectivity index (χ1v) is 7.53. The van der Waals surface area contributed by atoms with Crippen molar-refractivity contribution in [3.8, 4) is 0 Å². The van der Waals surface area contributed by atoms with Crippen LogP contribution < -0.4 is 0 Å². The van der Waals surface area contributed by atoms with Crippen LogP contribution in [0, 0.1) is 0 Å². The molecule has 138 valence electrons. The molecule has 24 heavy (non-hydrogen) atoms. The van der Waals surface area contributed by atoms with Crippen molar-refractivity contribution in [1.82, 2.24) is 0 Å². The fourth-order valence-electron chi connectivity index (χ4n) is 2.46. The number of aldehydes is 1. The lowest BCUT2D eigenvalue weighted by Gasteiger charge is -2.45. The molecule has 9 nitrogen and oxygen atoms in total. The van der Waals surface area contributed by atoms with Crippen LogP contribution in [0.2, 0.25) is 0 Å². The normalized spacial score (nSPS) is 20.2. The van der Waals surface area contributed by atoms with Gasteiger partial charge < -0.3 is 30.3 Å². The van der Waals surface area contributed by atoms with Crippen molar-refractivity contribution in [3.63, 3.8) is 0 Å². The molecule has 0 spiro atoms. The standard InChI is InChI=1S/C15H24O9/c1-4-8(17)12(21)13(22)15(24,10(19)6-3)14(23,9(18)5-2)11(20)7-16/h7,11-13,20-24H,4-6H2,1-3H3/t11-,12?,13+,14+,15+/m0/s1. The lowest BCUT2D eigenvalue weighted by atomic mass is 9.67. The third-order valence-electron chi connectivity index (χ3n) is 4.04. The lowest BCUT2D eigenvalue weighted by molar-refractivity contribution is -0.234. The highest BCUT2D eigenvalue weighted by Gasteiger charge is 2.66. The van der Waals surface area contributed by atoms with Gasteiger partial charge in [0.25, 0.3) is 0 Å². The van der Waals surface area contributed by atoms with Gasteiger partial charge in [-0.15, -0.1) is 0 Å². The van der Waals surface area contributed by atoms with Gasteiger partial charge in [0, 0.05) is 19.3 Å². The number of Topliss-reactive ketones (excluding diaryl/α,β-unsaturated/α-hetero) is 3. The molecule has 0 amide bonds. The van der Waals surface area contributed by atoms with Crippen LogP contribution in [0.15, 0.2) is 0 Å². The number of carbonyl (C=O) groups is 4. The number of carbonyl (C=O) groups excluding carboxylic acids is 4. The molecule has 5 atom stereocenters. The van der Waals surface area contributed by atoms with E-state index in [1.807, 2.05) is 0 Å². The van der Waals surface area contributed by atoms with Crippen LogP contribution in [-0.4, -0.2) is 78.7 Å². The van der Waals surface area contributed by atoms with E-state index in [-0.39, 0.29) is 12.7 Å². The minimum Gasteiger partial charge on any atom is -0.386 e. The molecule has 0 aliphatic carbocycles. The number of aliphatic hydroxyl groups excluding tert-OH is 3. The molecule has 0 aromatic carbocycles. The summed E-state index contributed by atoms with van der Waals surface area (Å²) in [5.41, 5.74) is -6.88. The summed E-state index contributed by atoms with van der Waals surface area (Å²) in [5, 5.41) is 51.0. The molecule has 0 aliphatic heterocycles. The Hall–Kier alpha value is -1.52. The van der Waals surface area contributed by atoms with Crippen LogP contribution in [0.3, 0.4) is 0 Å². The molecule has 9 heteroatoms. The summed E-state index contributed by atoms with van der Waals surface area (Å²) in [4.78, 5) is 46.8. The predicted molar refractivity (Wildman–Crippen MR) is 79.9 cm³/mol. The molecule has 0 radical (unpaired) electrons. The third kappa shape index (κ3) is 3.45. The minimum atomic E-state index is -3.46. The van der Waals surface area contributed by atoms with Crippen LogP contribution in [0.4, 0.5) is 0 Å². The van der Waals surface area contributed by atoms with Gasteiger partial charge in [0.1, 0.15) is 18.3 Å². The van der Waals surface area contributed by atoms with Crippen molar-refractivity contribution < 1.29 is 44.7 Å². The maximum atomic E-state index is 12.2. The van der Waals surface area contributed by atoms with E-state index in [0.29, 0.717) is 0 Å². The Morgan fingerprint density at radius 1 is 0.875 bits per heavy atom. The highest BCUT2D eigenvalue weighted by Crippen LogP contribution is 2.35. The van der Waals surface area contributed by atoms with Crippen LogP contribution >= 0.6 is 0 Å². The van der Waals surface area contributed by atoms with Gasteiger partial charge in [-0.25, -0.2) is 0 Å². The minimum absolute atomic E-state index is 0.273. The van der Waals surface area contributed by atoms with Crippen molar-refractivity contribution in [2.45, 2.75) is 69.5 Å². The number of rotatable bonds is 11. The first-order chi connectivity index (χ1) is 11.0. The predicted octanol–water partition coefficient (Wildman–Crippen LogP) is -2.33. The quantitative estimate of drug-likeness (QED) is 0.257. The monoisotopic (exact) mass is 348 g/mol. The summed E-state index contributed by atoms with van der Waals surface area (Å²) < 4.78 is 0. The largest absolute Gasteiger partial charge is 0.386 e. The smallest absolute Gasteiger partial charge is 0.194 e. The van der Waals surface area contributed by atoms with Gasteiger partial charge in [-0.2, -0.15) is 0 Å². The van der Waals surface area contributed by atoms with E-state index in [0.717, 1.165) is 0 Å². The van der Waals surface area contributed by atoms with Crippen LogP contribution in [0.25, 0.3) is 0 Å². The highest BCUT2D eigenvalue weighted by atomic mass is 16.4. The van der Waals surface area contributed by atoms with E-state index < -0.39 is 59.7 Å². The maximum absolute atomic E-state index is 12.2.